The number of nitrogens with zero attached hydrogens (tertiary/aromatic N) is 2. The molecular formula is C27H31N3O4. The third-order valence-corrected chi connectivity index (χ3v) is 6.40. The van der Waals surface area contributed by atoms with Gasteiger partial charge in [-0.15, -0.1) is 0 Å². The molecule has 4 N–H and O–H groups in total. The molecule has 2 aromatic carbocycles. The lowest BCUT2D eigenvalue weighted by molar-refractivity contribution is -0.125. The maximum atomic E-state index is 11.3. The number of rotatable bonds is 9. The topological polar surface area (TPSA) is 108 Å². The normalized spacial score (nSPS) is 19.5. The van der Waals surface area contributed by atoms with E-state index in [4.69, 9.17) is 5.11 Å². The number of carbonyl (C=O) groups is 1. The minimum Gasteiger partial charge on any atom is -0.394 e. The lowest BCUT2D eigenvalue weighted by atomic mass is 9.75. The van der Waals surface area contributed by atoms with Crippen LogP contribution in [0.3, 0.4) is 0 Å². The molecular weight excluding hydrogens is 430 g/mol. The van der Waals surface area contributed by atoms with Gasteiger partial charge in [0.15, 0.2) is 0 Å². The van der Waals surface area contributed by atoms with Crippen LogP contribution in [0.4, 0.5) is 0 Å². The highest BCUT2D eigenvalue weighted by Crippen LogP contribution is 2.37. The minimum atomic E-state index is -0.707. The van der Waals surface area contributed by atoms with Crippen molar-refractivity contribution in [3.8, 4) is 11.1 Å². The van der Waals surface area contributed by atoms with Crippen molar-refractivity contribution in [2.24, 2.45) is 0 Å². The summed E-state index contributed by atoms with van der Waals surface area (Å²) >= 11 is 0. The minimum absolute atomic E-state index is 0.0907. The number of nitrogens with one attached hydrogen (secondary N) is 1. The molecule has 0 bridgehead atoms. The zero-order chi connectivity index (χ0) is 24.1. The van der Waals surface area contributed by atoms with E-state index in [1.54, 1.807) is 23.9 Å². The third kappa shape index (κ3) is 5.44. The molecule has 1 aromatic heterocycles. The van der Waals surface area contributed by atoms with Crippen LogP contribution in [0.1, 0.15) is 54.8 Å². The summed E-state index contributed by atoms with van der Waals surface area (Å²) in [5.74, 6) is 0.653. The molecule has 178 valence electrons. The summed E-state index contributed by atoms with van der Waals surface area (Å²) in [5.41, 5.74) is 4.54. The number of hydrogen-bond donors (Lipinski definition) is 4. The van der Waals surface area contributed by atoms with Crippen LogP contribution >= 0.6 is 0 Å². The van der Waals surface area contributed by atoms with E-state index < -0.39 is 12.7 Å². The van der Waals surface area contributed by atoms with E-state index in [0.717, 1.165) is 29.5 Å². The Kier molecular flexibility index (Phi) is 7.57. The van der Waals surface area contributed by atoms with Crippen molar-refractivity contribution < 1.29 is 20.1 Å². The van der Waals surface area contributed by atoms with Crippen molar-refractivity contribution in [2.75, 3.05) is 13.2 Å². The predicted octanol–water partition coefficient (Wildman–Crippen LogP) is 3.20. The molecule has 7 heteroatoms. The van der Waals surface area contributed by atoms with E-state index in [1.807, 2.05) is 24.3 Å². The van der Waals surface area contributed by atoms with E-state index in [-0.39, 0.29) is 24.6 Å². The summed E-state index contributed by atoms with van der Waals surface area (Å²) in [4.78, 5) is 15.4. The summed E-state index contributed by atoms with van der Waals surface area (Å²) in [6.45, 7) is 1.11. The van der Waals surface area contributed by atoms with Crippen LogP contribution in [-0.2, 0) is 4.79 Å². The van der Waals surface area contributed by atoms with Gasteiger partial charge in [0.25, 0.3) is 0 Å². The molecule has 1 amide bonds. The number of aliphatic hydroxyl groups is 3. The van der Waals surface area contributed by atoms with Gasteiger partial charge in [0.05, 0.1) is 12.6 Å². The maximum absolute atomic E-state index is 11.3. The molecule has 1 aliphatic carbocycles. The van der Waals surface area contributed by atoms with Gasteiger partial charge in [0.1, 0.15) is 18.5 Å². The van der Waals surface area contributed by atoms with Crippen LogP contribution in [-0.4, -0.2) is 50.0 Å². The number of aliphatic hydroxyl groups excluding tert-OH is 3. The smallest absolute Gasteiger partial charge is 0.245 e. The van der Waals surface area contributed by atoms with Crippen molar-refractivity contribution >= 4 is 12.0 Å². The summed E-state index contributed by atoms with van der Waals surface area (Å²) < 4.78 is 1.78. The molecule has 0 radical (unpaired) electrons. The number of imidazole rings is 1. The fourth-order valence-electron chi connectivity index (χ4n) is 4.41. The molecule has 1 saturated carbocycles. The first-order valence-electron chi connectivity index (χ1n) is 11.6. The van der Waals surface area contributed by atoms with E-state index in [2.05, 4.69) is 46.7 Å². The number of aromatic nitrogens is 2. The molecule has 0 aliphatic heterocycles. The first-order valence-corrected chi connectivity index (χ1v) is 11.6. The summed E-state index contributed by atoms with van der Waals surface area (Å²) in [7, 11) is 0. The lowest BCUT2D eigenvalue weighted by Gasteiger charge is -2.36. The average molecular weight is 462 g/mol. The van der Waals surface area contributed by atoms with E-state index >= 15 is 0 Å². The van der Waals surface area contributed by atoms with Crippen molar-refractivity contribution in [2.45, 2.75) is 43.9 Å². The highest BCUT2D eigenvalue weighted by Gasteiger charge is 2.31. The molecule has 1 heterocycles. The van der Waals surface area contributed by atoms with Gasteiger partial charge in [0.2, 0.25) is 5.91 Å². The molecule has 4 rings (SSSR count). The zero-order valence-corrected chi connectivity index (χ0v) is 19.2. The predicted molar refractivity (Wildman–Crippen MR) is 131 cm³/mol. The van der Waals surface area contributed by atoms with Crippen LogP contribution in [0.5, 0.6) is 0 Å². The fourth-order valence-corrected chi connectivity index (χ4v) is 4.41. The van der Waals surface area contributed by atoms with Gasteiger partial charge in [-0.1, -0.05) is 60.7 Å². The van der Waals surface area contributed by atoms with Crippen molar-refractivity contribution in [1.82, 2.24) is 14.9 Å². The van der Waals surface area contributed by atoms with Gasteiger partial charge in [-0.25, -0.2) is 4.98 Å². The molecule has 34 heavy (non-hydrogen) atoms. The third-order valence-electron chi connectivity index (χ3n) is 6.40. The molecule has 1 fully saturated rings. The summed E-state index contributed by atoms with van der Waals surface area (Å²) in [6, 6.07) is 16.6. The number of carbonyl (C=O) groups excluding carboxylic acids is 1. The zero-order valence-electron chi connectivity index (χ0n) is 19.2. The highest BCUT2D eigenvalue weighted by molar-refractivity contribution is 5.77. The second-order valence-electron chi connectivity index (χ2n) is 8.81. The van der Waals surface area contributed by atoms with E-state index in [0.29, 0.717) is 11.7 Å². The van der Waals surface area contributed by atoms with Gasteiger partial charge in [0, 0.05) is 18.4 Å². The Morgan fingerprint density at radius 2 is 1.76 bits per heavy atom. The van der Waals surface area contributed by atoms with Crippen LogP contribution in [0.15, 0.2) is 67.0 Å². The number of amides is 1. The van der Waals surface area contributed by atoms with Crippen LogP contribution in [0, 0.1) is 0 Å². The van der Waals surface area contributed by atoms with Crippen LogP contribution in [0.2, 0.25) is 0 Å². The van der Waals surface area contributed by atoms with Crippen molar-refractivity contribution in [3.63, 3.8) is 0 Å². The molecule has 0 unspecified atom stereocenters. The van der Waals surface area contributed by atoms with Crippen LogP contribution < -0.4 is 5.32 Å². The summed E-state index contributed by atoms with van der Waals surface area (Å²) in [6.07, 6.45) is 8.35. The molecule has 0 spiro atoms. The monoisotopic (exact) mass is 461 g/mol. The average Bonchev–Trinajstić information content (AvgIpc) is 3.32. The van der Waals surface area contributed by atoms with E-state index in [1.165, 1.54) is 5.56 Å². The molecule has 0 saturated heterocycles. The molecule has 1 aliphatic rings. The molecule has 3 aromatic rings. The Morgan fingerprint density at radius 1 is 1.12 bits per heavy atom. The fraction of sp³-hybridized carbons (Fsp3) is 0.333. The summed E-state index contributed by atoms with van der Waals surface area (Å²) in [5, 5.41) is 31.3. The van der Waals surface area contributed by atoms with Gasteiger partial charge < -0.3 is 25.2 Å². The van der Waals surface area contributed by atoms with Gasteiger partial charge in [-0.3, -0.25) is 4.79 Å². The maximum Gasteiger partial charge on any atom is 0.245 e. The van der Waals surface area contributed by atoms with Gasteiger partial charge in [-0.05, 0) is 47.9 Å². The Hall–Kier alpha value is -3.26. The first kappa shape index (κ1) is 23.9. The lowest BCUT2D eigenvalue weighted by Crippen LogP contribution is -2.44. The Morgan fingerprint density at radius 3 is 2.35 bits per heavy atom. The molecule has 2 atom stereocenters. The molecule has 7 nitrogen and oxygen atoms in total. The number of benzene rings is 2. The number of hydrogen-bond acceptors (Lipinski definition) is 5. The Balaban J connectivity index is 1.37. The van der Waals surface area contributed by atoms with Gasteiger partial charge >= 0.3 is 0 Å². The highest BCUT2D eigenvalue weighted by atomic mass is 16.3. The quantitative estimate of drug-likeness (QED) is 0.391. The first-order chi connectivity index (χ1) is 16.5. The van der Waals surface area contributed by atoms with E-state index in [9.17, 15) is 15.0 Å². The largest absolute Gasteiger partial charge is 0.394 e. The standard InChI is InChI=1S/C27H31N3O4/c1-18(33)27-28-12-13-30(27)25(16-31)11-4-19-2-5-20(6-3-19)21-7-9-22(10-8-21)23-14-24(15-23)29-26(34)17-32/h2-13,18,23-25,31-33H,14-17H2,1H3,(H,29,34)/b11-4+/t18-,23-,24-,25-/m0/s1. The Labute approximate surface area is 199 Å². The van der Waals surface area contributed by atoms with Gasteiger partial charge in [-0.2, -0.15) is 0 Å². The Bertz CT molecular complexity index is 1110. The van der Waals surface area contributed by atoms with Crippen LogP contribution in [0.25, 0.3) is 17.2 Å². The second-order valence-corrected chi connectivity index (χ2v) is 8.81. The van der Waals surface area contributed by atoms with Crippen molar-refractivity contribution in [3.05, 3.63) is 84.0 Å². The second kappa shape index (κ2) is 10.8. The van der Waals surface area contributed by atoms with Crippen molar-refractivity contribution in [1.29, 1.82) is 0 Å². The SMILES string of the molecule is C[C@H](O)c1nccn1[C@@H](/C=C/c1ccc(-c2ccc([C@H]3C[C@H](NC(=O)CO)C3)cc2)cc1)CO.